The molecule has 1 aromatic carbocycles. The second kappa shape index (κ2) is 6.05. The maximum absolute atomic E-state index is 12.1. The van der Waals surface area contributed by atoms with Gasteiger partial charge in [0.05, 0.1) is 0 Å². The third-order valence-corrected chi connectivity index (χ3v) is 5.16. The van der Waals surface area contributed by atoms with Crippen LogP contribution in [0.2, 0.25) is 0 Å². The number of carboxylic acid groups (broad SMARTS) is 1. The van der Waals surface area contributed by atoms with Crippen molar-refractivity contribution >= 4 is 33.6 Å². The number of carbonyl (C=O) groups excluding carboxylic acids is 1. The molecule has 0 radical (unpaired) electrons. The lowest BCUT2D eigenvalue weighted by Crippen LogP contribution is -2.53. The first-order chi connectivity index (χ1) is 9.84. The van der Waals surface area contributed by atoms with Crippen LogP contribution in [-0.4, -0.2) is 22.6 Å². The Kier molecular flexibility index (Phi) is 4.56. The van der Waals surface area contributed by atoms with Gasteiger partial charge in [0.25, 0.3) is 0 Å². The molecule has 2 amide bonds. The zero-order valence-electron chi connectivity index (χ0n) is 12.1. The molecule has 1 fully saturated rings. The van der Waals surface area contributed by atoms with Crippen molar-refractivity contribution in [2.24, 2.45) is 0 Å². The number of urea groups is 1. The smallest absolute Gasteiger partial charge is 0.329 e. The first-order valence-electron chi connectivity index (χ1n) is 6.93. The molecule has 114 valence electrons. The van der Waals surface area contributed by atoms with Gasteiger partial charge in [0.1, 0.15) is 5.54 Å². The first-order valence-corrected chi connectivity index (χ1v) is 7.73. The lowest BCUT2D eigenvalue weighted by Gasteiger charge is -2.25. The third kappa shape index (κ3) is 3.37. The minimum Gasteiger partial charge on any atom is -0.480 e. The van der Waals surface area contributed by atoms with E-state index in [-0.39, 0.29) is 0 Å². The van der Waals surface area contributed by atoms with Crippen molar-refractivity contribution in [2.75, 3.05) is 5.32 Å². The third-order valence-electron chi connectivity index (χ3n) is 3.91. The number of benzene rings is 1. The lowest BCUT2D eigenvalue weighted by molar-refractivity contribution is -0.144. The number of amides is 2. The highest BCUT2D eigenvalue weighted by Crippen LogP contribution is 2.30. The van der Waals surface area contributed by atoms with E-state index in [9.17, 15) is 14.7 Å². The molecule has 0 aromatic heterocycles. The number of nitrogens with one attached hydrogen (secondary N) is 2. The number of carbonyl (C=O) groups is 2. The van der Waals surface area contributed by atoms with Crippen LogP contribution in [0.25, 0.3) is 0 Å². The molecule has 6 heteroatoms. The Morgan fingerprint density at radius 3 is 2.19 bits per heavy atom. The molecule has 0 unspecified atom stereocenters. The van der Waals surface area contributed by atoms with Crippen molar-refractivity contribution in [3.8, 4) is 0 Å². The topological polar surface area (TPSA) is 78.4 Å². The molecule has 5 nitrogen and oxygen atoms in total. The Balaban J connectivity index is 2.10. The van der Waals surface area contributed by atoms with Crippen molar-refractivity contribution < 1.29 is 14.7 Å². The molecule has 1 saturated carbocycles. The van der Waals surface area contributed by atoms with Gasteiger partial charge in [-0.05, 0) is 49.9 Å². The van der Waals surface area contributed by atoms with Crippen molar-refractivity contribution in [1.82, 2.24) is 5.32 Å². The van der Waals surface area contributed by atoms with Gasteiger partial charge >= 0.3 is 12.0 Å². The van der Waals surface area contributed by atoms with Crippen molar-refractivity contribution in [3.05, 3.63) is 27.7 Å². The lowest BCUT2D eigenvalue weighted by atomic mass is 9.98. The summed E-state index contributed by atoms with van der Waals surface area (Å²) in [6, 6.07) is 3.22. The summed E-state index contributed by atoms with van der Waals surface area (Å²) >= 11 is 3.47. The fourth-order valence-electron chi connectivity index (χ4n) is 2.77. The Hall–Kier alpha value is -1.56. The SMILES string of the molecule is Cc1cc(NC(=O)NC2(C(=O)O)CCCC2)cc(C)c1Br. The summed E-state index contributed by atoms with van der Waals surface area (Å²) in [5.41, 5.74) is 1.56. The molecule has 0 bridgehead atoms. The van der Waals surface area contributed by atoms with E-state index in [4.69, 9.17) is 0 Å². The van der Waals surface area contributed by atoms with Crippen LogP contribution in [0.15, 0.2) is 16.6 Å². The maximum Gasteiger partial charge on any atom is 0.329 e. The highest BCUT2D eigenvalue weighted by Gasteiger charge is 2.42. The number of hydrogen-bond donors (Lipinski definition) is 3. The Morgan fingerprint density at radius 2 is 1.71 bits per heavy atom. The summed E-state index contributed by atoms with van der Waals surface area (Å²) in [4.78, 5) is 23.5. The van der Waals surface area contributed by atoms with Gasteiger partial charge in [0.15, 0.2) is 0 Å². The van der Waals surface area contributed by atoms with Gasteiger partial charge < -0.3 is 15.7 Å². The molecule has 21 heavy (non-hydrogen) atoms. The first kappa shape index (κ1) is 15.8. The van der Waals surface area contributed by atoms with Gasteiger partial charge in [0.2, 0.25) is 0 Å². The Morgan fingerprint density at radius 1 is 1.19 bits per heavy atom. The number of anilines is 1. The molecule has 0 spiro atoms. The van der Waals surface area contributed by atoms with Crippen molar-refractivity contribution in [3.63, 3.8) is 0 Å². The predicted molar refractivity (Wildman–Crippen MR) is 84.6 cm³/mol. The van der Waals surface area contributed by atoms with Gasteiger partial charge in [-0.2, -0.15) is 0 Å². The number of aliphatic carboxylic acids is 1. The van der Waals surface area contributed by atoms with Crippen molar-refractivity contribution in [2.45, 2.75) is 45.1 Å². The van der Waals surface area contributed by atoms with E-state index >= 15 is 0 Å². The average molecular weight is 355 g/mol. The van der Waals surface area contributed by atoms with Crippen LogP contribution in [0.1, 0.15) is 36.8 Å². The van der Waals surface area contributed by atoms with E-state index in [0.29, 0.717) is 18.5 Å². The van der Waals surface area contributed by atoms with E-state index < -0.39 is 17.5 Å². The van der Waals surface area contributed by atoms with Gasteiger partial charge in [-0.25, -0.2) is 9.59 Å². The standard InChI is InChI=1S/C15H19BrN2O3/c1-9-7-11(8-10(2)12(9)16)17-14(21)18-15(13(19)20)5-3-4-6-15/h7-8H,3-6H2,1-2H3,(H,19,20)(H2,17,18,21). The van der Waals surface area contributed by atoms with Crippen LogP contribution in [0.4, 0.5) is 10.5 Å². The van der Waals surface area contributed by atoms with E-state index in [1.807, 2.05) is 26.0 Å². The Bertz CT molecular complexity index is 557. The normalized spacial score (nSPS) is 16.5. The molecule has 0 atom stereocenters. The van der Waals surface area contributed by atoms with Gasteiger partial charge in [-0.1, -0.05) is 28.8 Å². The quantitative estimate of drug-likeness (QED) is 0.775. The van der Waals surface area contributed by atoms with Crippen LogP contribution >= 0.6 is 15.9 Å². The zero-order chi connectivity index (χ0) is 15.6. The second-order valence-corrected chi connectivity index (χ2v) is 6.39. The highest BCUT2D eigenvalue weighted by molar-refractivity contribution is 9.10. The zero-order valence-corrected chi connectivity index (χ0v) is 13.7. The van der Waals surface area contributed by atoms with Crippen LogP contribution in [0.3, 0.4) is 0 Å². The summed E-state index contributed by atoms with van der Waals surface area (Å²) in [5.74, 6) is -0.960. The molecule has 1 aromatic rings. The van der Waals surface area contributed by atoms with Crippen LogP contribution < -0.4 is 10.6 Å². The number of aryl methyl sites for hydroxylation is 2. The monoisotopic (exact) mass is 354 g/mol. The van der Waals surface area contributed by atoms with E-state index in [1.165, 1.54) is 0 Å². The van der Waals surface area contributed by atoms with Crippen molar-refractivity contribution in [1.29, 1.82) is 0 Å². The number of carboxylic acids is 1. The van der Waals surface area contributed by atoms with Gasteiger partial charge in [-0.15, -0.1) is 0 Å². The molecule has 0 heterocycles. The highest BCUT2D eigenvalue weighted by atomic mass is 79.9. The molecule has 0 saturated heterocycles. The molecule has 1 aliphatic carbocycles. The van der Waals surface area contributed by atoms with Gasteiger partial charge in [0, 0.05) is 10.2 Å². The average Bonchev–Trinajstić information content (AvgIpc) is 2.85. The largest absolute Gasteiger partial charge is 0.480 e. The predicted octanol–water partition coefficient (Wildman–Crippen LogP) is 3.58. The van der Waals surface area contributed by atoms with E-state index in [2.05, 4.69) is 26.6 Å². The van der Waals surface area contributed by atoms with Crippen LogP contribution in [0, 0.1) is 13.8 Å². The minimum atomic E-state index is -1.12. The number of halogens is 1. The van der Waals surface area contributed by atoms with E-state index in [1.54, 1.807) is 0 Å². The summed E-state index contributed by atoms with van der Waals surface area (Å²) in [5, 5.41) is 14.7. The fourth-order valence-corrected chi connectivity index (χ4v) is 3.00. The second-order valence-electron chi connectivity index (χ2n) is 5.60. The molecular formula is C15H19BrN2O3. The number of rotatable bonds is 3. The molecule has 1 aliphatic rings. The summed E-state index contributed by atoms with van der Waals surface area (Å²) < 4.78 is 1.01. The van der Waals surface area contributed by atoms with Crippen LogP contribution in [0.5, 0.6) is 0 Å². The Labute approximate surface area is 132 Å². The fraction of sp³-hybridized carbons (Fsp3) is 0.467. The molecule has 2 rings (SSSR count). The maximum atomic E-state index is 12.1. The summed E-state index contributed by atoms with van der Waals surface area (Å²) in [6.45, 7) is 3.88. The number of hydrogen-bond acceptors (Lipinski definition) is 2. The minimum absolute atomic E-state index is 0.472. The van der Waals surface area contributed by atoms with Gasteiger partial charge in [-0.3, -0.25) is 0 Å². The summed E-state index contributed by atoms with van der Waals surface area (Å²) in [7, 11) is 0. The molecular weight excluding hydrogens is 336 g/mol. The van der Waals surface area contributed by atoms with Crippen LogP contribution in [-0.2, 0) is 4.79 Å². The van der Waals surface area contributed by atoms with E-state index in [0.717, 1.165) is 28.4 Å². The molecule has 3 N–H and O–H groups in total. The molecule has 0 aliphatic heterocycles. The summed E-state index contributed by atoms with van der Waals surface area (Å²) in [6.07, 6.45) is 2.61.